The SMILES string of the molecule is CC(C)(C)c1ccc(N(c2ccc(C(C)(C)C)cc2)c2cc3c(c4ccccc24)-c2c(ccc4ccccc24)C32c3ccccc3-c3ccccc32)cc1. The first-order chi connectivity index (χ1) is 26.1. The van der Waals surface area contributed by atoms with E-state index >= 15 is 0 Å². The number of anilines is 3. The van der Waals surface area contributed by atoms with Crippen LogP contribution in [0.25, 0.3) is 43.8 Å². The molecule has 1 nitrogen and oxygen atoms in total. The minimum absolute atomic E-state index is 0.0577. The van der Waals surface area contributed by atoms with E-state index in [0.717, 1.165) is 11.4 Å². The van der Waals surface area contributed by atoms with E-state index in [4.69, 9.17) is 0 Å². The second-order valence-electron chi connectivity index (χ2n) is 17.3. The summed E-state index contributed by atoms with van der Waals surface area (Å²) in [4.78, 5) is 2.50. The van der Waals surface area contributed by atoms with Crippen LogP contribution in [-0.4, -0.2) is 0 Å². The molecule has 0 aliphatic heterocycles. The fourth-order valence-corrected chi connectivity index (χ4v) is 9.57. The molecule has 0 heterocycles. The van der Waals surface area contributed by atoms with Crippen LogP contribution < -0.4 is 4.90 Å². The van der Waals surface area contributed by atoms with Gasteiger partial charge in [-0.05, 0) is 113 Å². The van der Waals surface area contributed by atoms with Gasteiger partial charge in [-0.25, -0.2) is 0 Å². The molecule has 0 fully saturated rings. The maximum Gasteiger partial charge on any atom is 0.0726 e. The molecule has 0 unspecified atom stereocenters. The largest absolute Gasteiger partial charge is 0.310 e. The van der Waals surface area contributed by atoms with Gasteiger partial charge < -0.3 is 4.90 Å². The monoisotopic (exact) mass is 695 g/mol. The Bertz CT molecular complexity index is 2670. The highest BCUT2D eigenvalue weighted by atomic mass is 15.1. The average molecular weight is 696 g/mol. The molecule has 2 aliphatic carbocycles. The minimum Gasteiger partial charge on any atom is -0.310 e. The average Bonchev–Trinajstić information content (AvgIpc) is 3.65. The van der Waals surface area contributed by atoms with Crippen LogP contribution in [0.5, 0.6) is 0 Å². The summed E-state index contributed by atoms with van der Waals surface area (Å²) in [7, 11) is 0. The smallest absolute Gasteiger partial charge is 0.0726 e. The van der Waals surface area contributed by atoms with Crippen LogP contribution in [0, 0.1) is 0 Å². The van der Waals surface area contributed by atoms with Crippen molar-refractivity contribution in [3.05, 3.63) is 197 Å². The quantitative estimate of drug-likeness (QED) is 0.178. The van der Waals surface area contributed by atoms with Gasteiger partial charge in [-0.2, -0.15) is 0 Å². The number of rotatable bonds is 3. The highest BCUT2D eigenvalue weighted by Crippen LogP contribution is 2.65. The van der Waals surface area contributed by atoms with Gasteiger partial charge in [0.05, 0.1) is 11.1 Å². The van der Waals surface area contributed by atoms with Crippen molar-refractivity contribution in [3.8, 4) is 22.3 Å². The summed E-state index contributed by atoms with van der Waals surface area (Å²) in [6.07, 6.45) is 0. The Morgan fingerprint density at radius 2 is 0.852 bits per heavy atom. The fraction of sp³-hybridized carbons (Fsp3) is 0.170. The van der Waals surface area contributed by atoms with Crippen molar-refractivity contribution in [1.29, 1.82) is 0 Å². The van der Waals surface area contributed by atoms with Gasteiger partial charge in [0, 0.05) is 16.8 Å². The number of hydrogen-bond donors (Lipinski definition) is 0. The van der Waals surface area contributed by atoms with Crippen molar-refractivity contribution < 1.29 is 0 Å². The third-order valence-electron chi connectivity index (χ3n) is 12.2. The van der Waals surface area contributed by atoms with E-state index in [2.05, 4.69) is 210 Å². The van der Waals surface area contributed by atoms with Crippen molar-refractivity contribution in [2.45, 2.75) is 57.8 Å². The van der Waals surface area contributed by atoms with E-state index in [1.165, 1.54) is 82.9 Å². The Morgan fingerprint density at radius 3 is 1.41 bits per heavy atom. The molecule has 0 radical (unpaired) electrons. The van der Waals surface area contributed by atoms with Crippen LogP contribution in [0.3, 0.4) is 0 Å². The van der Waals surface area contributed by atoms with E-state index in [-0.39, 0.29) is 10.8 Å². The first-order valence-electron chi connectivity index (χ1n) is 19.4. The van der Waals surface area contributed by atoms with Crippen LogP contribution in [-0.2, 0) is 16.2 Å². The molecule has 0 saturated carbocycles. The molecule has 0 saturated heterocycles. The van der Waals surface area contributed by atoms with Gasteiger partial charge in [0.25, 0.3) is 0 Å². The van der Waals surface area contributed by atoms with Crippen molar-refractivity contribution in [1.82, 2.24) is 0 Å². The molecule has 54 heavy (non-hydrogen) atoms. The maximum atomic E-state index is 2.56. The van der Waals surface area contributed by atoms with E-state index in [9.17, 15) is 0 Å². The lowest BCUT2D eigenvalue weighted by atomic mass is 9.70. The second-order valence-corrected chi connectivity index (χ2v) is 17.3. The Balaban J connectivity index is 1.35. The normalized spacial score (nSPS) is 13.9. The van der Waals surface area contributed by atoms with Crippen LogP contribution in [0.1, 0.15) is 74.9 Å². The van der Waals surface area contributed by atoms with E-state index in [1.54, 1.807) is 0 Å². The van der Waals surface area contributed by atoms with Crippen LogP contribution >= 0.6 is 0 Å². The highest BCUT2D eigenvalue weighted by molar-refractivity contribution is 6.16. The summed E-state index contributed by atoms with van der Waals surface area (Å²) in [5, 5.41) is 5.10. The van der Waals surface area contributed by atoms with Gasteiger partial charge in [0.2, 0.25) is 0 Å². The Labute approximate surface area is 319 Å². The fourth-order valence-electron chi connectivity index (χ4n) is 9.57. The van der Waals surface area contributed by atoms with Gasteiger partial charge >= 0.3 is 0 Å². The van der Waals surface area contributed by atoms with Crippen molar-refractivity contribution in [2.24, 2.45) is 0 Å². The Kier molecular flexibility index (Phi) is 6.99. The molecule has 1 heteroatoms. The summed E-state index contributed by atoms with van der Waals surface area (Å²) in [5.41, 5.74) is 16.6. The third kappa shape index (κ3) is 4.57. The lowest BCUT2D eigenvalue weighted by Gasteiger charge is -2.33. The molecule has 0 aromatic heterocycles. The van der Waals surface area contributed by atoms with Gasteiger partial charge in [-0.15, -0.1) is 0 Å². The van der Waals surface area contributed by atoms with E-state index in [1.807, 2.05) is 0 Å². The number of benzene rings is 8. The topological polar surface area (TPSA) is 3.24 Å². The lowest BCUT2D eigenvalue weighted by Crippen LogP contribution is -2.26. The molecular weight excluding hydrogens is 651 g/mol. The van der Waals surface area contributed by atoms with E-state index in [0.29, 0.717) is 0 Å². The molecular formula is C53H45N. The molecule has 0 bridgehead atoms. The summed E-state index contributed by atoms with van der Waals surface area (Å²) in [6.45, 7) is 13.7. The molecule has 0 amide bonds. The van der Waals surface area contributed by atoms with Gasteiger partial charge in [-0.3, -0.25) is 0 Å². The predicted molar refractivity (Wildman–Crippen MR) is 230 cm³/mol. The van der Waals surface area contributed by atoms with E-state index < -0.39 is 5.41 Å². The van der Waals surface area contributed by atoms with Gasteiger partial charge in [-0.1, -0.05) is 175 Å². The number of nitrogens with zero attached hydrogens (tertiary/aromatic N) is 1. The predicted octanol–water partition coefficient (Wildman–Crippen LogP) is 14.4. The maximum absolute atomic E-state index is 2.56. The summed E-state index contributed by atoms with van der Waals surface area (Å²) < 4.78 is 0. The van der Waals surface area contributed by atoms with Crippen molar-refractivity contribution in [2.75, 3.05) is 4.90 Å². The molecule has 1 spiro atoms. The Hall–Kier alpha value is -5.92. The van der Waals surface area contributed by atoms with Crippen LogP contribution in [0.4, 0.5) is 17.1 Å². The van der Waals surface area contributed by atoms with Crippen molar-refractivity contribution >= 4 is 38.6 Å². The molecule has 2 aliphatic rings. The first-order valence-corrected chi connectivity index (χ1v) is 19.4. The number of hydrogen-bond acceptors (Lipinski definition) is 1. The standard InChI is InChI=1S/C53H45N/c1-51(2,3)35-24-28-37(29-25-35)54(38-30-26-36(27-31-38)52(4,5)6)48-33-47-50(43-20-10-9-19-42(43)48)49-39-16-8-7-15-34(39)23-32-46(49)53(47)44-21-13-11-17-40(44)41-18-12-14-22-45(41)53/h7-33H,1-6H3. The zero-order chi connectivity index (χ0) is 37.0. The van der Waals surface area contributed by atoms with Crippen LogP contribution in [0.15, 0.2) is 164 Å². The highest BCUT2D eigenvalue weighted by Gasteiger charge is 2.52. The molecule has 8 aromatic rings. The molecule has 262 valence electrons. The Morgan fingerprint density at radius 1 is 0.389 bits per heavy atom. The zero-order valence-corrected chi connectivity index (χ0v) is 32.0. The summed E-state index contributed by atoms with van der Waals surface area (Å²) >= 11 is 0. The second kappa shape index (κ2) is 11.5. The molecule has 8 aromatic carbocycles. The summed E-state index contributed by atoms with van der Waals surface area (Å²) in [6, 6.07) is 62.2. The van der Waals surface area contributed by atoms with Crippen LogP contribution in [0.2, 0.25) is 0 Å². The molecule has 0 N–H and O–H groups in total. The molecule has 10 rings (SSSR count). The number of fused-ring (bicyclic) bond motifs is 14. The minimum atomic E-state index is -0.474. The molecule has 0 atom stereocenters. The van der Waals surface area contributed by atoms with Gasteiger partial charge in [0.1, 0.15) is 0 Å². The zero-order valence-electron chi connectivity index (χ0n) is 32.0. The van der Waals surface area contributed by atoms with Gasteiger partial charge in [0.15, 0.2) is 0 Å². The lowest BCUT2D eigenvalue weighted by molar-refractivity contribution is 0.590. The van der Waals surface area contributed by atoms with Crippen molar-refractivity contribution in [3.63, 3.8) is 0 Å². The summed E-state index contributed by atoms with van der Waals surface area (Å²) in [5.74, 6) is 0. The first kappa shape index (κ1) is 32.7. The third-order valence-corrected chi connectivity index (χ3v) is 12.2.